The van der Waals surface area contributed by atoms with Crippen LogP contribution in [0.3, 0.4) is 0 Å². The number of aliphatic hydroxyl groups is 1. The Hall–Kier alpha value is -4.01. The second kappa shape index (κ2) is 8.26. The van der Waals surface area contributed by atoms with E-state index in [2.05, 4.69) is 9.97 Å². The Bertz CT molecular complexity index is 1200. The zero-order chi connectivity index (χ0) is 22.9. The molecule has 1 N–H and O–H groups in total. The third kappa shape index (κ3) is 3.96. The molecule has 1 fully saturated rings. The molecule has 1 amide bonds. The lowest BCUT2D eigenvalue weighted by molar-refractivity contribution is -0.140. The number of carbonyl (C=O) groups is 2. The predicted molar refractivity (Wildman–Crippen MR) is 108 cm³/mol. The molecule has 1 aliphatic heterocycles. The molecule has 1 aromatic carbocycles. The van der Waals surface area contributed by atoms with Crippen molar-refractivity contribution in [2.24, 2.45) is 0 Å². The van der Waals surface area contributed by atoms with Gasteiger partial charge in [0.2, 0.25) is 0 Å². The highest BCUT2D eigenvalue weighted by Gasteiger charge is 2.46. The molecule has 0 bridgehead atoms. The fourth-order valence-electron chi connectivity index (χ4n) is 3.64. The molecule has 0 saturated carbocycles. The molecule has 1 aliphatic rings. The summed E-state index contributed by atoms with van der Waals surface area (Å²) in [4.78, 5) is 34.8. The van der Waals surface area contributed by atoms with Crippen molar-refractivity contribution in [2.75, 3.05) is 0 Å². The maximum Gasteiger partial charge on any atom is 0.416 e. The summed E-state index contributed by atoms with van der Waals surface area (Å²) < 4.78 is 39.4. The van der Waals surface area contributed by atoms with Gasteiger partial charge in [-0.05, 0) is 41.5 Å². The first-order valence-electron chi connectivity index (χ1n) is 9.52. The van der Waals surface area contributed by atoms with E-state index in [0.29, 0.717) is 5.56 Å². The van der Waals surface area contributed by atoms with Gasteiger partial charge in [0.1, 0.15) is 5.76 Å². The number of nitrogens with zero attached hydrogens (tertiary/aromatic N) is 3. The van der Waals surface area contributed by atoms with E-state index >= 15 is 0 Å². The topological polar surface area (TPSA) is 83.4 Å². The summed E-state index contributed by atoms with van der Waals surface area (Å²) in [5.41, 5.74) is -0.109. The molecule has 0 spiro atoms. The maximum absolute atomic E-state index is 13.1. The minimum Gasteiger partial charge on any atom is -0.507 e. The summed E-state index contributed by atoms with van der Waals surface area (Å²) in [6.07, 6.45) is 1.24. The maximum atomic E-state index is 13.1. The number of aliphatic hydroxyl groups excluding tert-OH is 1. The van der Waals surface area contributed by atoms with E-state index in [0.717, 1.165) is 17.0 Å². The van der Waals surface area contributed by atoms with E-state index in [1.807, 2.05) is 0 Å². The third-order valence-electron chi connectivity index (χ3n) is 5.10. The lowest BCUT2D eigenvalue weighted by Crippen LogP contribution is -2.29. The highest BCUT2D eigenvalue weighted by molar-refractivity contribution is 6.46. The van der Waals surface area contributed by atoms with Gasteiger partial charge in [0.15, 0.2) is 0 Å². The van der Waals surface area contributed by atoms with Crippen molar-refractivity contribution in [1.82, 2.24) is 14.9 Å². The van der Waals surface area contributed by atoms with Crippen molar-refractivity contribution >= 4 is 17.4 Å². The minimum absolute atomic E-state index is 0.166. The van der Waals surface area contributed by atoms with Gasteiger partial charge in [0, 0.05) is 36.9 Å². The van der Waals surface area contributed by atoms with Crippen LogP contribution in [0, 0.1) is 0 Å². The van der Waals surface area contributed by atoms with Crippen LogP contribution in [0.1, 0.15) is 28.3 Å². The lowest BCUT2D eigenvalue weighted by atomic mass is 9.96. The molecule has 9 heteroatoms. The fourth-order valence-corrected chi connectivity index (χ4v) is 3.64. The zero-order valence-electron chi connectivity index (χ0n) is 16.5. The van der Waals surface area contributed by atoms with Crippen molar-refractivity contribution in [3.8, 4) is 0 Å². The number of hydrogen-bond donors (Lipinski definition) is 1. The van der Waals surface area contributed by atoms with Crippen molar-refractivity contribution in [3.05, 3.63) is 101 Å². The Balaban J connectivity index is 1.82. The van der Waals surface area contributed by atoms with Crippen LogP contribution >= 0.6 is 0 Å². The standard InChI is InChI=1S/C23H16F3N3O3/c24-23(25,26)17-5-1-3-14(11-17)13-29-19(16-4-2-8-28-12-16)18(21(31)22(29)32)20(30)15-6-9-27-10-7-15/h1-12,19,30H,13H2/b20-18+. The SMILES string of the molecule is O=C1C(=O)N(Cc2cccc(C(F)(F)F)c2)C(c2cccnc2)/C1=C(\O)c1ccncc1. The van der Waals surface area contributed by atoms with Crippen LogP contribution in [0.4, 0.5) is 13.2 Å². The number of likely N-dealkylation sites (tertiary alicyclic amines) is 1. The summed E-state index contributed by atoms with van der Waals surface area (Å²) in [5, 5.41) is 10.9. The van der Waals surface area contributed by atoms with E-state index in [9.17, 15) is 27.9 Å². The van der Waals surface area contributed by atoms with Gasteiger partial charge in [-0.25, -0.2) is 0 Å². The van der Waals surface area contributed by atoms with E-state index in [4.69, 9.17) is 0 Å². The Kier molecular flexibility index (Phi) is 5.48. The quantitative estimate of drug-likeness (QED) is 0.376. The average molecular weight is 439 g/mol. The molecule has 162 valence electrons. The number of ketones is 1. The normalized spacial score (nSPS) is 18.2. The Labute approximate surface area is 180 Å². The summed E-state index contributed by atoms with van der Waals surface area (Å²) in [5.74, 6) is -2.25. The van der Waals surface area contributed by atoms with Crippen LogP contribution in [0.2, 0.25) is 0 Å². The van der Waals surface area contributed by atoms with Crippen LogP contribution in [0.5, 0.6) is 0 Å². The van der Waals surface area contributed by atoms with Gasteiger partial charge >= 0.3 is 6.18 Å². The lowest BCUT2D eigenvalue weighted by Gasteiger charge is -2.25. The fraction of sp³-hybridized carbons (Fsp3) is 0.130. The van der Waals surface area contributed by atoms with E-state index in [1.165, 1.54) is 49.1 Å². The van der Waals surface area contributed by atoms with Gasteiger partial charge < -0.3 is 10.0 Å². The number of amides is 1. The number of halogens is 3. The number of carbonyl (C=O) groups excluding carboxylic acids is 2. The Morgan fingerprint density at radius 1 is 1.00 bits per heavy atom. The second-order valence-electron chi connectivity index (χ2n) is 7.15. The average Bonchev–Trinajstić information content (AvgIpc) is 3.04. The van der Waals surface area contributed by atoms with Gasteiger partial charge in [-0.15, -0.1) is 0 Å². The number of Topliss-reactive ketones (excluding diaryl/α,β-unsaturated/α-hetero) is 1. The first-order valence-corrected chi connectivity index (χ1v) is 9.52. The molecule has 32 heavy (non-hydrogen) atoms. The van der Waals surface area contributed by atoms with Crippen molar-refractivity contribution in [2.45, 2.75) is 18.8 Å². The van der Waals surface area contributed by atoms with Crippen LogP contribution in [0.25, 0.3) is 5.76 Å². The summed E-state index contributed by atoms with van der Waals surface area (Å²) in [6, 6.07) is 9.72. The first kappa shape index (κ1) is 21.2. The number of benzene rings is 1. The molecule has 6 nitrogen and oxygen atoms in total. The van der Waals surface area contributed by atoms with Gasteiger partial charge in [-0.3, -0.25) is 19.6 Å². The number of rotatable bonds is 4. The van der Waals surface area contributed by atoms with Gasteiger partial charge in [0.25, 0.3) is 11.7 Å². The second-order valence-corrected chi connectivity index (χ2v) is 7.15. The Morgan fingerprint density at radius 2 is 1.75 bits per heavy atom. The molecule has 1 atom stereocenters. The van der Waals surface area contributed by atoms with E-state index in [-0.39, 0.29) is 23.2 Å². The molecule has 3 aromatic rings. The summed E-state index contributed by atoms with van der Waals surface area (Å²) in [6.45, 7) is -0.263. The monoisotopic (exact) mass is 439 g/mol. The number of alkyl halides is 3. The molecule has 0 radical (unpaired) electrons. The molecule has 1 saturated heterocycles. The van der Waals surface area contributed by atoms with Crippen molar-refractivity contribution < 1.29 is 27.9 Å². The predicted octanol–water partition coefficient (Wildman–Crippen LogP) is 4.12. The summed E-state index contributed by atoms with van der Waals surface area (Å²) in [7, 11) is 0. The largest absolute Gasteiger partial charge is 0.507 e. The van der Waals surface area contributed by atoms with Gasteiger partial charge in [-0.2, -0.15) is 13.2 Å². The first-order chi connectivity index (χ1) is 15.3. The minimum atomic E-state index is -4.55. The highest BCUT2D eigenvalue weighted by Crippen LogP contribution is 2.40. The molecule has 1 unspecified atom stereocenters. The van der Waals surface area contributed by atoms with E-state index < -0.39 is 35.2 Å². The number of pyridine rings is 2. The van der Waals surface area contributed by atoms with E-state index in [1.54, 1.807) is 12.1 Å². The number of hydrogen-bond acceptors (Lipinski definition) is 5. The molecule has 4 rings (SSSR count). The van der Waals surface area contributed by atoms with Crippen LogP contribution in [-0.2, 0) is 22.3 Å². The van der Waals surface area contributed by atoms with Gasteiger partial charge in [-0.1, -0.05) is 18.2 Å². The highest BCUT2D eigenvalue weighted by atomic mass is 19.4. The number of aromatic nitrogens is 2. The molecular weight excluding hydrogens is 423 g/mol. The summed E-state index contributed by atoms with van der Waals surface area (Å²) >= 11 is 0. The van der Waals surface area contributed by atoms with Crippen molar-refractivity contribution in [3.63, 3.8) is 0 Å². The van der Waals surface area contributed by atoms with Crippen LogP contribution < -0.4 is 0 Å². The van der Waals surface area contributed by atoms with Crippen LogP contribution in [-0.4, -0.2) is 31.7 Å². The molecular formula is C23H16F3N3O3. The molecule has 3 heterocycles. The molecule has 2 aromatic heterocycles. The zero-order valence-corrected chi connectivity index (χ0v) is 16.5. The van der Waals surface area contributed by atoms with Crippen LogP contribution in [0.15, 0.2) is 78.9 Å². The Morgan fingerprint density at radius 3 is 2.41 bits per heavy atom. The van der Waals surface area contributed by atoms with Crippen molar-refractivity contribution in [1.29, 1.82) is 0 Å². The third-order valence-corrected chi connectivity index (χ3v) is 5.10. The van der Waals surface area contributed by atoms with Gasteiger partial charge in [0.05, 0.1) is 17.2 Å². The smallest absolute Gasteiger partial charge is 0.416 e. The molecule has 0 aliphatic carbocycles.